The third kappa shape index (κ3) is 5.53. The van der Waals surface area contributed by atoms with E-state index in [-0.39, 0.29) is 37.4 Å². The van der Waals surface area contributed by atoms with E-state index in [0.29, 0.717) is 0 Å². The molecule has 3 amide bonds. The van der Waals surface area contributed by atoms with Crippen LogP contribution in [0.2, 0.25) is 0 Å². The molecule has 0 saturated carbocycles. The topological polar surface area (TPSA) is 147 Å². The van der Waals surface area contributed by atoms with Gasteiger partial charge in [0.05, 0.1) is 17.9 Å². The maximum Gasteiger partial charge on any atom is 0.318 e. The third-order valence-corrected chi connectivity index (χ3v) is 4.65. The first-order valence-electron chi connectivity index (χ1n) is 5.95. The van der Waals surface area contributed by atoms with Crippen LogP contribution in [0, 0.1) is 0 Å². The number of carboxylic acids is 1. The van der Waals surface area contributed by atoms with Crippen molar-refractivity contribution in [2.75, 3.05) is 24.6 Å². The Labute approximate surface area is 116 Å². The lowest BCUT2D eigenvalue weighted by Crippen LogP contribution is -2.50. The van der Waals surface area contributed by atoms with Crippen LogP contribution in [-0.4, -0.2) is 67.0 Å². The van der Waals surface area contributed by atoms with Gasteiger partial charge in [-0.05, 0) is 0 Å². The quantitative estimate of drug-likeness (QED) is 0.540. The molecule has 1 aliphatic rings. The fraction of sp³-hybridized carbons (Fsp3) is 0.700. The monoisotopic (exact) mass is 307 g/mol. The molecule has 0 aromatic heterocycles. The van der Waals surface area contributed by atoms with E-state index in [2.05, 4.69) is 0 Å². The van der Waals surface area contributed by atoms with E-state index in [9.17, 15) is 22.8 Å². The smallest absolute Gasteiger partial charge is 0.318 e. The molecule has 0 spiro atoms. The summed E-state index contributed by atoms with van der Waals surface area (Å²) in [5, 5.41) is 10.7. The van der Waals surface area contributed by atoms with E-state index in [4.69, 9.17) is 10.8 Å². The van der Waals surface area contributed by atoms with Gasteiger partial charge < -0.3 is 10.8 Å². The van der Waals surface area contributed by atoms with Gasteiger partial charge in [-0.25, -0.2) is 13.2 Å². The van der Waals surface area contributed by atoms with Crippen molar-refractivity contribution < 1.29 is 27.9 Å². The Kier molecular flexibility index (Phi) is 5.45. The number of carbonyl (C=O) groups is 3. The SMILES string of the molecule is NC(=O)NC(=O)CCN1CCS(=O)(=O)CC1CC(=O)O. The van der Waals surface area contributed by atoms with Gasteiger partial charge in [0.1, 0.15) is 0 Å². The van der Waals surface area contributed by atoms with Crippen LogP contribution in [0.3, 0.4) is 0 Å². The summed E-state index contributed by atoms with van der Waals surface area (Å²) < 4.78 is 23.0. The van der Waals surface area contributed by atoms with Crippen LogP contribution in [-0.2, 0) is 19.4 Å². The number of sulfone groups is 1. The first-order valence-corrected chi connectivity index (χ1v) is 7.77. The zero-order valence-electron chi connectivity index (χ0n) is 10.7. The number of aliphatic carboxylic acids is 1. The normalized spacial score (nSPS) is 22.1. The Morgan fingerprint density at radius 2 is 2.00 bits per heavy atom. The minimum absolute atomic E-state index is 0.0564. The molecule has 0 aliphatic carbocycles. The van der Waals surface area contributed by atoms with Crippen molar-refractivity contribution in [3.63, 3.8) is 0 Å². The van der Waals surface area contributed by atoms with Crippen LogP contribution in [0.5, 0.6) is 0 Å². The number of nitrogens with zero attached hydrogens (tertiary/aromatic N) is 1. The van der Waals surface area contributed by atoms with Gasteiger partial charge in [-0.2, -0.15) is 0 Å². The highest BCUT2D eigenvalue weighted by Gasteiger charge is 2.32. The van der Waals surface area contributed by atoms with Crippen molar-refractivity contribution in [3.05, 3.63) is 0 Å². The number of hydrogen-bond acceptors (Lipinski definition) is 6. The maximum atomic E-state index is 11.5. The molecule has 0 radical (unpaired) electrons. The lowest BCUT2D eigenvalue weighted by atomic mass is 10.2. The van der Waals surface area contributed by atoms with E-state index in [1.54, 1.807) is 4.90 Å². The van der Waals surface area contributed by atoms with Crippen molar-refractivity contribution in [1.82, 2.24) is 10.2 Å². The van der Waals surface area contributed by atoms with Gasteiger partial charge in [0, 0.05) is 25.6 Å². The fourth-order valence-electron chi connectivity index (χ4n) is 2.05. The zero-order chi connectivity index (χ0) is 15.3. The second-order valence-corrected chi connectivity index (χ2v) is 6.79. The number of nitrogens with one attached hydrogen (secondary N) is 1. The number of imide groups is 1. The van der Waals surface area contributed by atoms with Crippen LogP contribution in [0.4, 0.5) is 4.79 Å². The summed E-state index contributed by atoms with van der Waals surface area (Å²) in [7, 11) is -3.25. The van der Waals surface area contributed by atoms with E-state index >= 15 is 0 Å². The summed E-state index contributed by atoms with van der Waals surface area (Å²) in [6.45, 7) is 0.344. The number of primary amides is 1. The standard InChI is InChI=1S/C10H17N3O6S/c11-10(17)12-8(14)1-2-13-3-4-20(18,19)6-7(13)5-9(15)16/h7H,1-6H2,(H,15,16)(H3,11,12,14,17). The number of carboxylic acid groups (broad SMARTS) is 1. The second kappa shape index (κ2) is 6.66. The van der Waals surface area contributed by atoms with Crippen molar-refractivity contribution >= 4 is 27.7 Å². The predicted molar refractivity (Wildman–Crippen MR) is 68.6 cm³/mol. The third-order valence-electron chi connectivity index (χ3n) is 2.95. The van der Waals surface area contributed by atoms with Gasteiger partial charge in [-0.3, -0.25) is 19.8 Å². The molecule has 4 N–H and O–H groups in total. The molecule has 1 heterocycles. The summed E-state index contributed by atoms with van der Waals surface area (Å²) in [6, 6.07) is -1.62. The Hall–Kier alpha value is -1.68. The molecule has 20 heavy (non-hydrogen) atoms. The highest BCUT2D eigenvalue weighted by atomic mass is 32.2. The highest BCUT2D eigenvalue weighted by Crippen LogP contribution is 2.15. The van der Waals surface area contributed by atoms with Gasteiger partial charge >= 0.3 is 12.0 Å². The molecule has 0 aromatic carbocycles. The van der Waals surface area contributed by atoms with Crippen molar-refractivity contribution in [2.45, 2.75) is 18.9 Å². The maximum absolute atomic E-state index is 11.5. The number of amides is 3. The van der Waals surface area contributed by atoms with Gasteiger partial charge in [0.25, 0.3) is 0 Å². The molecular formula is C10H17N3O6S. The molecule has 1 unspecified atom stereocenters. The summed E-state index contributed by atoms with van der Waals surface area (Å²) >= 11 is 0. The van der Waals surface area contributed by atoms with Gasteiger partial charge in [-0.1, -0.05) is 0 Å². The average molecular weight is 307 g/mol. The van der Waals surface area contributed by atoms with Gasteiger partial charge in [0.15, 0.2) is 9.84 Å². The molecule has 1 rings (SSSR count). The first kappa shape index (κ1) is 16.4. The largest absolute Gasteiger partial charge is 0.481 e. The molecule has 0 aromatic rings. The van der Waals surface area contributed by atoms with Crippen molar-refractivity contribution in [2.24, 2.45) is 5.73 Å². The molecule has 9 nitrogen and oxygen atoms in total. The minimum Gasteiger partial charge on any atom is -0.481 e. The Balaban J connectivity index is 2.59. The lowest BCUT2D eigenvalue weighted by molar-refractivity contribution is -0.138. The average Bonchev–Trinajstić information content (AvgIpc) is 2.25. The number of carbonyl (C=O) groups excluding carboxylic acids is 2. The first-order chi connectivity index (χ1) is 9.19. The van der Waals surface area contributed by atoms with Gasteiger partial charge in [0.2, 0.25) is 5.91 Å². The summed E-state index contributed by atoms with van der Waals surface area (Å²) in [4.78, 5) is 34.1. The van der Waals surface area contributed by atoms with E-state index < -0.39 is 33.8 Å². The molecule has 0 bridgehead atoms. The van der Waals surface area contributed by atoms with Crippen molar-refractivity contribution in [3.8, 4) is 0 Å². The summed E-state index contributed by atoms with van der Waals surface area (Å²) in [5.41, 5.74) is 4.79. The van der Waals surface area contributed by atoms with Crippen molar-refractivity contribution in [1.29, 1.82) is 0 Å². The number of nitrogens with two attached hydrogens (primary N) is 1. The van der Waals surface area contributed by atoms with E-state index in [1.165, 1.54) is 0 Å². The lowest BCUT2D eigenvalue weighted by Gasteiger charge is -2.34. The molecule has 114 valence electrons. The highest BCUT2D eigenvalue weighted by molar-refractivity contribution is 7.91. The van der Waals surface area contributed by atoms with E-state index in [1.807, 2.05) is 5.32 Å². The summed E-state index contributed by atoms with van der Waals surface area (Å²) in [5.74, 6) is -1.99. The number of hydrogen-bond donors (Lipinski definition) is 3. The molecule has 1 saturated heterocycles. The molecule has 1 aliphatic heterocycles. The Morgan fingerprint density at radius 3 is 2.55 bits per heavy atom. The van der Waals surface area contributed by atoms with Crippen LogP contribution >= 0.6 is 0 Å². The minimum atomic E-state index is -3.25. The molecule has 1 fully saturated rings. The number of urea groups is 1. The molecule has 1 atom stereocenters. The Bertz CT molecular complexity index is 503. The Morgan fingerprint density at radius 1 is 1.35 bits per heavy atom. The van der Waals surface area contributed by atoms with Crippen LogP contribution in [0.15, 0.2) is 0 Å². The summed E-state index contributed by atoms with van der Waals surface area (Å²) in [6.07, 6.45) is -0.365. The van der Waals surface area contributed by atoms with Crippen LogP contribution in [0.25, 0.3) is 0 Å². The van der Waals surface area contributed by atoms with Crippen LogP contribution in [0.1, 0.15) is 12.8 Å². The second-order valence-electron chi connectivity index (χ2n) is 4.56. The van der Waals surface area contributed by atoms with Gasteiger partial charge in [-0.15, -0.1) is 0 Å². The molecular weight excluding hydrogens is 290 g/mol. The fourth-order valence-corrected chi connectivity index (χ4v) is 3.64. The zero-order valence-corrected chi connectivity index (χ0v) is 11.6. The van der Waals surface area contributed by atoms with E-state index in [0.717, 1.165) is 0 Å². The molecule has 10 heteroatoms. The number of rotatable bonds is 5. The van der Waals surface area contributed by atoms with Crippen LogP contribution < -0.4 is 11.1 Å². The predicted octanol–water partition coefficient (Wildman–Crippen LogP) is -1.85.